The smallest absolute Gasteiger partial charge is 0.414 e. The van der Waals surface area contributed by atoms with Gasteiger partial charge in [0.25, 0.3) is 0 Å². The van der Waals surface area contributed by atoms with Crippen molar-refractivity contribution in [1.29, 1.82) is 0 Å². The third kappa shape index (κ3) is 2.11. The highest BCUT2D eigenvalue weighted by molar-refractivity contribution is 5.84. The second-order valence-electron chi connectivity index (χ2n) is 3.41. The number of hydrogen-bond acceptors (Lipinski definition) is 3. The van der Waals surface area contributed by atoms with Crippen LogP contribution >= 0.6 is 0 Å². The van der Waals surface area contributed by atoms with Crippen LogP contribution < -0.4 is 9.57 Å². The van der Waals surface area contributed by atoms with Gasteiger partial charge in [0.15, 0.2) is 0 Å². The van der Waals surface area contributed by atoms with E-state index >= 15 is 0 Å². The van der Waals surface area contributed by atoms with Crippen molar-refractivity contribution in [1.82, 2.24) is 4.73 Å². The summed E-state index contributed by atoms with van der Waals surface area (Å²) in [6.07, 6.45) is -5.05. The van der Waals surface area contributed by atoms with E-state index in [0.29, 0.717) is 10.9 Å². The fourth-order valence-corrected chi connectivity index (χ4v) is 1.52. The van der Waals surface area contributed by atoms with Crippen LogP contribution in [0.4, 0.5) is 13.2 Å². The number of ether oxygens (including phenoxy) is 1. The average Bonchev–Trinajstić information content (AvgIpc) is 2.64. The molecule has 2 rings (SSSR count). The maximum Gasteiger partial charge on any atom is 0.491 e. The number of nitrogens with zero attached hydrogens (tertiary/aromatic N) is 1. The van der Waals surface area contributed by atoms with Crippen molar-refractivity contribution in [3.05, 3.63) is 30.3 Å². The Bertz CT molecular complexity index is 589. The Kier molecular flexibility index (Phi) is 2.90. The number of aromatic nitrogens is 1. The molecule has 0 atom stereocenters. The van der Waals surface area contributed by atoms with Crippen molar-refractivity contribution >= 4 is 16.9 Å². The lowest BCUT2D eigenvalue weighted by Gasteiger charge is -2.09. The summed E-state index contributed by atoms with van der Waals surface area (Å²) in [4.78, 5) is 15.6. The van der Waals surface area contributed by atoms with Gasteiger partial charge in [-0.25, -0.2) is 4.79 Å². The van der Waals surface area contributed by atoms with Gasteiger partial charge < -0.3 is 9.57 Å². The number of fused-ring (bicyclic) bond motifs is 1. The molecule has 0 aliphatic carbocycles. The van der Waals surface area contributed by atoms with E-state index in [4.69, 9.17) is 4.84 Å². The molecular weight excluding hydrogens is 251 g/mol. The van der Waals surface area contributed by atoms with Crippen molar-refractivity contribution in [2.24, 2.45) is 0 Å². The van der Waals surface area contributed by atoms with Crippen molar-refractivity contribution < 1.29 is 27.5 Å². The van der Waals surface area contributed by atoms with Crippen molar-refractivity contribution in [3.63, 3.8) is 0 Å². The van der Waals surface area contributed by atoms with Crippen LogP contribution in [0.3, 0.4) is 0 Å². The van der Waals surface area contributed by atoms with E-state index in [9.17, 15) is 18.0 Å². The summed E-state index contributed by atoms with van der Waals surface area (Å²) in [5.74, 6) is -2.61. The van der Waals surface area contributed by atoms with E-state index in [0.717, 1.165) is 4.73 Å². The lowest BCUT2D eigenvalue weighted by molar-refractivity contribution is -0.190. The molecule has 0 spiro atoms. The van der Waals surface area contributed by atoms with Gasteiger partial charge in [0.05, 0.1) is 5.52 Å². The van der Waals surface area contributed by atoms with Gasteiger partial charge in [-0.05, 0) is 6.07 Å². The van der Waals surface area contributed by atoms with Crippen molar-refractivity contribution in [2.75, 3.05) is 7.11 Å². The molecule has 1 heterocycles. The summed E-state index contributed by atoms with van der Waals surface area (Å²) in [5.41, 5.74) is 0.505. The van der Waals surface area contributed by atoms with Crippen LogP contribution in [0.15, 0.2) is 30.3 Å². The number of halogens is 3. The number of carbonyl (C=O) groups is 1. The molecule has 0 fully saturated rings. The number of carbonyl (C=O) groups excluding carboxylic acids is 1. The second-order valence-corrected chi connectivity index (χ2v) is 3.41. The Morgan fingerprint density at radius 2 is 1.94 bits per heavy atom. The van der Waals surface area contributed by atoms with Crippen LogP contribution in [0, 0.1) is 0 Å². The van der Waals surface area contributed by atoms with Crippen molar-refractivity contribution in [2.45, 2.75) is 6.18 Å². The first-order valence-electron chi connectivity index (χ1n) is 4.87. The van der Waals surface area contributed by atoms with Gasteiger partial charge in [-0.2, -0.15) is 13.2 Å². The summed E-state index contributed by atoms with van der Waals surface area (Å²) in [5, 5.41) is 0.601. The van der Waals surface area contributed by atoms with Crippen LogP contribution in [0.25, 0.3) is 10.9 Å². The summed E-state index contributed by atoms with van der Waals surface area (Å²) in [6.45, 7) is 0. The number of hydrogen-bond donors (Lipinski definition) is 0. The minimum atomic E-state index is -5.05. The minimum Gasteiger partial charge on any atom is -0.414 e. The molecule has 18 heavy (non-hydrogen) atoms. The molecule has 0 bridgehead atoms. The molecule has 7 heteroatoms. The van der Waals surface area contributed by atoms with E-state index in [1.165, 1.54) is 13.2 Å². The van der Waals surface area contributed by atoms with E-state index < -0.39 is 12.1 Å². The Morgan fingerprint density at radius 1 is 1.28 bits per heavy atom. The fourth-order valence-electron chi connectivity index (χ4n) is 1.52. The zero-order chi connectivity index (χ0) is 13.3. The summed E-state index contributed by atoms with van der Waals surface area (Å²) in [7, 11) is 1.26. The van der Waals surface area contributed by atoms with Gasteiger partial charge in [-0.3, -0.25) is 0 Å². The highest BCUT2D eigenvalue weighted by Crippen LogP contribution is 2.26. The van der Waals surface area contributed by atoms with Gasteiger partial charge in [0.1, 0.15) is 7.11 Å². The largest absolute Gasteiger partial charge is 0.491 e. The summed E-state index contributed by atoms with van der Waals surface area (Å²) >= 11 is 0. The highest BCUT2D eigenvalue weighted by atomic mass is 19.4. The lowest BCUT2D eigenvalue weighted by Crippen LogP contribution is -2.29. The van der Waals surface area contributed by atoms with E-state index in [2.05, 4.69) is 4.74 Å². The summed E-state index contributed by atoms with van der Waals surface area (Å²) in [6, 6.07) is 7.98. The Balaban J connectivity index is 2.42. The van der Waals surface area contributed by atoms with Crippen LogP contribution in [0.2, 0.25) is 0 Å². The van der Waals surface area contributed by atoms with E-state index in [-0.39, 0.29) is 5.88 Å². The van der Waals surface area contributed by atoms with Crippen LogP contribution in [0.5, 0.6) is 5.88 Å². The fraction of sp³-hybridized carbons (Fsp3) is 0.182. The Hall–Kier alpha value is -2.18. The maximum atomic E-state index is 12.1. The molecule has 0 unspecified atom stereocenters. The molecule has 0 saturated carbocycles. The molecule has 0 aliphatic rings. The van der Waals surface area contributed by atoms with E-state index in [1.807, 2.05) is 0 Å². The summed E-state index contributed by atoms with van der Waals surface area (Å²) < 4.78 is 41.6. The molecule has 0 radical (unpaired) electrons. The molecule has 0 aliphatic heterocycles. The highest BCUT2D eigenvalue weighted by Gasteiger charge is 2.42. The van der Waals surface area contributed by atoms with Gasteiger partial charge in [0.2, 0.25) is 5.88 Å². The Labute approximate surface area is 99.5 Å². The second kappa shape index (κ2) is 4.25. The molecule has 96 valence electrons. The number of rotatable bonds is 2. The maximum absolute atomic E-state index is 12.1. The average molecular weight is 259 g/mol. The molecule has 1 aromatic carbocycles. The standard InChI is InChI=1S/C11H8F3NO3/c1-17-15-8-5-3-2-4-7(8)6-9(15)18-10(16)11(12,13)14/h2-6H,1H3. The predicted molar refractivity (Wildman–Crippen MR) is 56.1 cm³/mol. The van der Waals surface area contributed by atoms with Crippen LogP contribution in [-0.4, -0.2) is 24.0 Å². The molecule has 1 aromatic heterocycles. The van der Waals surface area contributed by atoms with E-state index in [1.54, 1.807) is 24.3 Å². The topological polar surface area (TPSA) is 40.5 Å². The zero-order valence-corrected chi connectivity index (χ0v) is 9.19. The van der Waals surface area contributed by atoms with Gasteiger partial charge in [-0.15, -0.1) is 4.73 Å². The lowest BCUT2D eigenvalue weighted by atomic mass is 10.3. The molecule has 2 aromatic rings. The third-order valence-corrected chi connectivity index (χ3v) is 2.25. The van der Waals surface area contributed by atoms with Gasteiger partial charge in [0, 0.05) is 11.5 Å². The molecular formula is C11H8F3NO3. The third-order valence-electron chi connectivity index (χ3n) is 2.25. The molecule has 0 saturated heterocycles. The molecule has 0 amide bonds. The van der Waals surface area contributed by atoms with Gasteiger partial charge in [-0.1, -0.05) is 18.2 Å². The quantitative estimate of drug-likeness (QED) is 0.776. The number of esters is 1. The van der Waals surface area contributed by atoms with Gasteiger partial charge >= 0.3 is 12.1 Å². The monoisotopic (exact) mass is 259 g/mol. The number of benzene rings is 1. The first-order valence-corrected chi connectivity index (χ1v) is 4.87. The number of para-hydroxylation sites is 1. The first-order chi connectivity index (χ1) is 8.43. The Morgan fingerprint density at radius 3 is 2.56 bits per heavy atom. The molecule has 0 N–H and O–H groups in total. The normalized spacial score (nSPS) is 11.6. The van der Waals surface area contributed by atoms with Crippen LogP contribution in [-0.2, 0) is 4.79 Å². The molecule has 4 nitrogen and oxygen atoms in total. The zero-order valence-electron chi connectivity index (χ0n) is 9.19. The number of alkyl halides is 3. The SMILES string of the molecule is COn1c(OC(=O)C(F)(F)F)cc2ccccc21. The first kappa shape index (κ1) is 12.3. The predicted octanol–water partition coefficient (Wildman–Crippen LogP) is 2.17. The minimum absolute atomic E-state index is 0.318. The van der Waals surface area contributed by atoms with Crippen molar-refractivity contribution in [3.8, 4) is 5.88 Å². The van der Waals surface area contributed by atoms with Crippen LogP contribution in [0.1, 0.15) is 0 Å².